The number of amides is 1. The molecule has 0 saturated carbocycles. The van der Waals surface area contributed by atoms with E-state index in [1.807, 2.05) is 13.0 Å². The third-order valence-electron chi connectivity index (χ3n) is 4.86. The van der Waals surface area contributed by atoms with Gasteiger partial charge in [-0.05, 0) is 49.2 Å². The summed E-state index contributed by atoms with van der Waals surface area (Å²) in [7, 11) is 0. The van der Waals surface area contributed by atoms with Gasteiger partial charge in [-0.1, -0.05) is 12.1 Å². The van der Waals surface area contributed by atoms with E-state index in [9.17, 15) is 19.5 Å². The number of carboxylic acids is 1. The van der Waals surface area contributed by atoms with Crippen LogP contribution in [0.4, 0.5) is 5.69 Å². The smallest absolute Gasteiger partial charge is 0.335 e. The zero-order valence-corrected chi connectivity index (χ0v) is 14.4. The largest absolute Gasteiger partial charge is 0.506 e. The van der Waals surface area contributed by atoms with Crippen molar-refractivity contribution in [3.8, 4) is 5.75 Å². The number of carbonyl (C=O) groups is 2. The van der Waals surface area contributed by atoms with Crippen LogP contribution in [0.3, 0.4) is 0 Å². The zero-order chi connectivity index (χ0) is 19.3. The maximum atomic E-state index is 12.9. The number of hydrogen-bond acceptors (Lipinski definition) is 4. The predicted octanol–water partition coefficient (Wildman–Crippen LogP) is 2.77. The lowest BCUT2D eigenvalue weighted by Gasteiger charge is -2.14. The number of para-hydroxylation sites is 1. The molecule has 0 saturated heterocycles. The first kappa shape index (κ1) is 16.8. The van der Waals surface area contributed by atoms with Crippen LogP contribution in [0.25, 0.3) is 10.9 Å². The Kier molecular flexibility index (Phi) is 3.73. The highest BCUT2D eigenvalue weighted by Gasteiger charge is 2.29. The SMILES string of the molecule is C[C@H]1Cc2cccc3c(O)c(C(=O)Nc4ccc(C(=O)O)cc4)c(=O)n1c23. The number of hydrogen-bond donors (Lipinski definition) is 3. The molecular formula is C20H16N2O5. The molecule has 136 valence electrons. The Bertz CT molecular complexity index is 1160. The summed E-state index contributed by atoms with van der Waals surface area (Å²) < 4.78 is 1.55. The monoisotopic (exact) mass is 364 g/mol. The van der Waals surface area contributed by atoms with Gasteiger partial charge in [-0.2, -0.15) is 0 Å². The number of rotatable bonds is 3. The molecule has 7 heteroatoms. The lowest BCUT2D eigenvalue weighted by molar-refractivity contribution is 0.0696. The topological polar surface area (TPSA) is 109 Å². The van der Waals surface area contributed by atoms with Gasteiger partial charge >= 0.3 is 5.97 Å². The summed E-state index contributed by atoms with van der Waals surface area (Å²) in [5.74, 6) is -2.16. The number of benzene rings is 2. The molecule has 3 aromatic rings. The van der Waals surface area contributed by atoms with E-state index < -0.39 is 17.4 Å². The van der Waals surface area contributed by atoms with Gasteiger partial charge in [-0.15, -0.1) is 0 Å². The summed E-state index contributed by atoms with van der Waals surface area (Å²) >= 11 is 0. The van der Waals surface area contributed by atoms with Crippen molar-refractivity contribution in [1.29, 1.82) is 0 Å². The van der Waals surface area contributed by atoms with E-state index >= 15 is 0 Å². The van der Waals surface area contributed by atoms with Gasteiger partial charge in [0, 0.05) is 17.1 Å². The molecule has 1 atom stereocenters. The number of pyridine rings is 1. The summed E-state index contributed by atoms with van der Waals surface area (Å²) in [6.45, 7) is 1.89. The maximum absolute atomic E-state index is 12.9. The van der Waals surface area contributed by atoms with Crippen molar-refractivity contribution in [3.05, 3.63) is 69.5 Å². The van der Waals surface area contributed by atoms with Crippen molar-refractivity contribution in [1.82, 2.24) is 4.57 Å². The fraction of sp³-hybridized carbons (Fsp3) is 0.150. The number of nitrogens with zero attached hydrogens (tertiary/aromatic N) is 1. The van der Waals surface area contributed by atoms with Crippen molar-refractivity contribution in [2.45, 2.75) is 19.4 Å². The van der Waals surface area contributed by atoms with Crippen molar-refractivity contribution in [3.63, 3.8) is 0 Å². The normalized spacial score (nSPS) is 15.1. The Balaban J connectivity index is 1.79. The van der Waals surface area contributed by atoms with Gasteiger partial charge in [0.05, 0.1) is 11.1 Å². The van der Waals surface area contributed by atoms with E-state index in [2.05, 4.69) is 5.32 Å². The zero-order valence-electron chi connectivity index (χ0n) is 14.4. The number of carboxylic acid groups (broad SMARTS) is 1. The van der Waals surface area contributed by atoms with Crippen LogP contribution in [0.2, 0.25) is 0 Å². The number of aromatic carboxylic acids is 1. The van der Waals surface area contributed by atoms with Crippen LogP contribution in [-0.4, -0.2) is 26.7 Å². The molecule has 1 aliphatic rings. The second-order valence-corrected chi connectivity index (χ2v) is 6.60. The molecule has 1 aromatic heterocycles. The van der Waals surface area contributed by atoms with E-state index in [0.29, 0.717) is 23.0 Å². The molecule has 4 rings (SSSR count). The van der Waals surface area contributed by atoms with Gasteiger partial charge in [-0.25, -0.2) is 4.79 Å². The average Bonchev–Trinajstić information content (AvgIpc) is 2.97. The molecule has 7 nitrogen and oxygen atoms in total. The van der Waals surface area contributed by atoms with Crippen molar-refractivity contribution in [2.75, 3.05) is 5.32 Å². The summed E-state index contributed by atoms with van der Waals surface area (Å²) in [6, 6.07) is 10.8. The lowest BCUT2D eigenvalue weighted by atomic mass is 10.1. The second kappa shape index (κ2) is 5.98. The Morgan fingerprint density at radius 2 is 1.85 bits per heavy atom. The molecule has 0 radical (unpaired) electrons. The van der Waals surface area contributed by atoms with E-state index in [0.717, 1.165) is 5.56 Å². The van der Waals surface area contributed by atoms with Crippen LogP contribution in [0, 0.1) is 0 Å². The first-order valence-corrected chi connectivity index (χ1v) is 8.42. The van der Waals surface area contributed by atoms with E-state index in [-0.39, 0.29) is 22.9 Å². The summed E-state index contributed by atoms with van der Waals surface area (Å²) in [6.07, 6.45) is 0.660. The van der Waals surface area contributed by atoms with Crippen LogP contribution >= 0.6 is 0 Å². The third-order valence-corrected chi connectivity index (χ3v) is 4.86. The third kappa shape index (κ3) is 2.55. The molecule has 3 N–H and O–H groups in total. The summed E-state index contributed by atoms with van der Waals surface area (Å²) in [4.78, 5) is 36.5. The lowest BCUT2D eigenvalue weighted by Crippen LogP contribution is -2.30. The molecule has 27 heavy (non-hydrogen) atoms. The second-order valence-electron chi connectivity index (χ2n) is 6.60. The molecule has 1 aliphatic heterocycles. The summed E-state index contributed by atoms with van der Waals surface area (Å²) in [5.41, 5.74) is 1.16. The molecule has 0 spiro atoms. The van der Waals surface area contributed by atoms with Gasteiger partial charge in [0.1, 0.15) is 11.3 Å². The molecule has 2 aromatic carbocycles. The minimum Gasteiger partial charge on any atom is -0.506 e. The van der Waals surface area contributed by atoms with Gasteiger partial charge < -0.3 is 20.1 Å². The van der Waals surface area contributed by atoms with Crippen LogP contribution in [-0.2, 0) is 6.42 Å². The number of anilines is 1. The standard InChI is InChI=1S/C20H16N2O5/c1-10-9-12-3-2-4-14-16(12)22(10)19(25)15(17(14)23)18(24)21-13-7-5-11(6-8-13)20(26)27/h2-8,10,23H,9H2,1H3,(H,21,24)(H,26,27)/t10-/m0/s1. The Hall–Kier alpha value is -3.61. The Morgan fingerprint density at radius 3 is 2.52 bits per heavy atom. The Morgan fingerprint density at radius 1 is 1.15 bits per heavy atom. The van der Waals surface area contributed by atoms with E-state index in [1.54, 1.807) is 16.7 Å². The first-order chi connectivity index (χ1) is 12.9. The van der Waals surface area contributed by atoms with Crippen molar-refractivity contribution < 1.29 is 19.8 Å². The number of aromatic hydroxyl groups is 1. The number of nitrogens with one attached hydrogen (secondary N) is 1. The van der Waals surface area contributed by atoms with Gasteiger partial charge in [0.25, 0.3) is 11.5 Å². The van der Waals surface area contributed by atoms with Crippen molar-refractivity contribution >= 4 is 28.5 Å². The molecular weight excluding hydrogens is 348 g/mol. The highest BCUT2D eigenvalue weighted by Crippen LogP contribution is 2.36. The molecule has 0 unspecified atom stereocenters. The fourth-order valence-electron chi connectivity index (χ4n) is 3.61. The molecule has 0 aliphatic carbocycles. The van der Waals surface area contributed by atoms with Gasteiger partial charge in [0.15, 0.2) is 0 Å². The highest BCUT2D eigenvalue weighted by atomic mass is 16.4. The van der Waals surface area contributed by atoms with Crippen LogP contribution in [0.15, 0.2) is 47.3 Å². The highest BCUT2D eigenvalue weighted by molar-refractivity contribution is 6.09. The van der Waals surface area contributed by atoms with E-state index in [1.165, 1.54) is 24.3 Å². The number of aromatic nitrogens is 1. The van der Waals surface area contributed by atoms with Crippen LogP contribution in [0.1, 0.15) is 39.2 Å². The summed E-state index contributed by atoms with van der Waals surface area (Å²) in [5, 5.41) is 22.5. The van der Waals surface area contributed by atoms with Gasteiger partial charge in [0.2, 0.25) is 0 Å². The van der Waals surface area contributed by atoms with Crippen LogP contribution < -0.4 is 10.9 Å². The van der Waals surface area contributed by atoms with Crippen molar-refractivity contribution in [2.24, 2.45) is 0 Å². The average molecular weight is 364 g/mol. The molecule has 0 bridgehead atoms. The predicted molar refractivity (Wildman–Crippen MR) is 99.6 cm³/mol. The minimum atomic E-state index is -1.08. The first-order valence-electron chi connectivity index (χ1n) is 8.42. The minimum absolute atomic E-state index is 0.0798. The number of carbonyl (C=O) groups excluding carboxylic acids is 1. The molecule has 0 fully saturated rings. The Labute approximate surface area is 153 Å². The quantitative estimate of drug-likeness (QED) is 0.662. The van der Waals surface area contributed by atoms with Crippen LogP contribution in [0.5, 0.6) is 5.75 Å². The van der Waals surface area contributed by atoms with Gasteiger partial charge in [-0.3, -0.25) is 9.59 Å². The molecule has 1 amide bonds. The molecule has 2 heterocycles. The fourth-order valence-corrected chi connectivity index (χ4v) is 3.61. The maximum Gasteiger partial charge on any atom is 0.335 e. The van der Waals surface area contributed by atoms with E-state index in [4.69, 9.17) is 5.11 Å².